The highest BCUT2D eigenvalue weighted by Crippen LogP contribution is 2.37. The molecule has 0 aromatic heterocycles. The van der Waals surface area contributed by atoms with Crippen molar-refractivity contribution in [1.82, 2.24) is 0 Å². The van der Waals surface area contributed by atoms with Crippen molar-refractivity contribution in [2.24, 2.45) is 0 Å². The minimum absolute atomic E-state index is 0.0114. The molecule has 2 amide bonds. The molecule has 0 unspecified atom stereocenters. The molecule has 1 heterocycles. The molecule has 136 valence electrons. The van der Waals surface area contributed by atoms with Crippen molar-refractivity contribution in [3.8, 4) is 5.75 Å². The largest absolute Gasteiger partial charge is 0.497 e. The van der Waals surface area contributed by atoms with Crippen LogP contribution in [0.25, 0.3) is 10.8 Å². The van der Waals surface area contributed by atoms with E-state index in [0.717, 1.165) is 33.5 Å². The first-order valence-electron chi connectivity index (χ1n) is 8.95. The normalized spacial score (nSPS) is 12.5. The Morgan fingerprint density at radius 1 is 1.04 bits per heavy atom. The van der Waals surface area contributed by atoms with Crippen LogP contribution in [0.4, 0.5) is 11.4 Å². The van der Waals surface area contributed by atoms with Crippen molar-refractivity contribution in [2.45, 2.75) is 12.8 Å². The van der Waals surface area contributed by atoms with E-state index in [1.165, 1.54) is 0 Å². The molecule has 0 aliphatic carbocycles. The number of carbonyl (C=O) groups is 2. The first-order chi connectivity index (χ1) is 13.2. The topological polar surface area (TPSA) is 58.6 Å². The van der Waals surface area contributed by atoms with E-state index in [0.29, 0.717) is 19.4 Å². The summed E-state index contributed by atoms with van der Waals surface area (Å²) < 4.78 is 5.11. The Hall–Kier alpha value is -3.34. The molecule has 5 nitrogen and oxygen atoms in total. The van der Waals surface area contributed by atoms with Crippen LogP contribution in [0.5, 0.6) is 5.75 Å². The molecule has 1 N–H and O–H groups in total. The molecule has 0 radical (unpaired) electrons. The van der Waals surface area contributed by atoms with E-state index >= 15 is 0 Å². The molecule has 0 fully saturated rings. The van der Waals surface area contributed by atoms with E-state index in [2.05, 4.69) is 5.32 Å². The van der Waals surface area contributed by atoms with Gasteiger partial charge in [0.25, 0.3) is 5.91 Å². The Balaban J connectivity index is 1.37. The van der Waals surface area contributed by atoms with Crippen LogP contribution in [0.2, 0.25) is 0 Å². The average molecular weight is 360 g/mol. The monoisotopic (exact) mass is 360 g/mol. The molecule has 3 aromatic rings. The number of amides is 2. The molecule has 0 atom stereocenters. The predicted molar refractivity (Wildman–Crippen MR) is 106 cm³/mol. The lowest BCUT2D eigenvalue weighted by Crippen LogP contribution is -2.28. The maximum atomic E-state index is 12.7. The van der Waals surface area contributed by atoms with Crippen molar-refractivity contribution >= 4 is 34.0 Å². The number of ether oxygens (including phenoxy) is 1. The molecular formula is C22H20N2O3. The molecule has 4 rings (SSSR count). The second-order valence-corrected chi connectivity index (χ2v) is 6.52. The molecule has 1 aliphatic rings. The van der Waals surface area contributed by atoms with Crippen LogP contribution in [-0.2, 0) is 4.79 Å². The zero-order valence-electron chi connectivity index (χ0n) is 15.1. The summed E-state index contributed by atoms with van der Waals surface area (Å²) in [7, 11) is 1.60. The standard InChI is InChI=1S/C22H20N2O3/c1-27-17-12-10-16(11-13-17)23-20(25)9-4-14-24-19-8-3-6-15-5-2-7-18(21(15)19)22(24)26/h2-3,5-8,10-13H,4,9,14H2,1H3,(H,23,25). The molecule has 27 heavy (non-hydrogen) atoms. The number of rotatable bonds is 6. The number of benzene rings is 3. The minimum Gasteiger partial charge on any atom is -0.497 e. The maximum absolute atomic E-state index is 12.7. The van der Waals surface area contributed by atoms with Gasteiger partial charge in [-0.1, -0.05) is 24.3 Å². The maximum Gasteiger partial charge on any atom is 0.258 e. The van der Waals surface area contributed by atoms with E-state index in [9.17, 15) is 9.59 Å². The molecular weight excluding hydrogens is 340 g/mol. The Bertz CT molecular complexity index is 1010. The quantitative estimate of drug-likeness (QED) is 0.716. The molecule has 3 aromatic carbocycles. The van der Waals surface area contributed by atoms with Gasteiger partial charge in [0.2, 0.25) is 5.91 Å². The van der Waals surface area contributed by atoms with E-state index in [-0.39, 0.29) is 11.8 Å². The van der Waals surface area contributed by atoms with E-state index in [1.54, 1.807) is 36.3 Å². The second kappa shape index (κ2) is 7.11. The van der Waals surface area contributed by atoms with Gasteiger partial charge in [0.05, 0.1) is 12.8 Å². The smallest absolute Gasteiger partial charge is 0.258 e. The van der Waals surface area contributed by atoms with Gasteiger partial charge in [-0.3, -0.25) is 9.59 Å². The van der Waals surface area contributed by atoms with Crippen molar-refractivity contribution < 1.29 is 14.3 Å². The van der Waals surface area contributed by atoms with Gasteiger partial charge in [-0.2, -0.15) is 0 Å². The van der Waals surface area contributed by atoms with Gasteiger partial charge in [-0.15, -0.1) is 0 Å². The lowest BCUT2D eigenvalue weighted by molar-refractivity contribution is -0.116. The fraction of sp³-hybridized carbons (Fsp3) is 0.182. The molecule has 0 bridgehead atoms. The summed E-state index contributed by atoms with van der Waals surface area (Å²) in [4.78, 5) is 26.7. The molecule has 1 aliphatic heterocycles. The predicted octanol–water partition coefficient (Wildman–Crippen LogP) is 4.23. The van der Waals surface area contributed by atoms with Gasteiger partial charge < -0.3 is 15.0 Å². The molecule has 0 saturated carbocycles. The van der Waals surface area contributed by atoms with Crippen molar-refractivity contribution in [2.75, 3.05) is 23.9 Å². The number of methoxy groups -OCH3 is 1. The van der Waals surface area contributed by atoms with Crippen molar-refractivity contribution in [3.63, 3.8) is 0 Å². The highest BCUT2D eigenvalue weighted by atomic mass is 16.5. The number of anilines is 2. The first kappa shape index (κ1) is 17.1. The third-order valence-corrected chi connectivity index (χ3v) is 4.81. The average Bonchev–Trinajstić information content (AvgIpc) is 2.97. The fourth-order valence-electron chi connectivity index (χ4n) is 3.50. The lowest BCUT2D eigenvalue weighted by Gasteiger charge is -2.17. The third-order valence-electron chi connectivity index (χ3n) is 4.81. The third kappa shape index (κ3) is 3.24. The number of hydrogen-bond donors (Lipinski definition) is 1. The zero-order chi connectivity index (χ0) is 18.8. The summed E-state index contributed by atoms with van der Waals surface area (Å²) in [5.74, 6) is 0.689. The van der Waals surface area contributed by atoms with Crippen LogP contribution in [0, 0.1) is 0 Å². The van der Waals surface area contributed by atoms with E-state index in [4.69, 9.17) is 4.74 Å². The summed E-state index contributed by atoms with van der Waals surface area (Å²) >= 11 is 0. The Kier molecular flexibility index (Phi) is 4.50. The highest BCUT2D eigenvalue weighted by molar-refractivity contribution is 6.25. The van der Waals surface area contributed by atoms with E-state index < -0.39 is 0 Å². The summed E-state index contributed by atoms with van der Waals surface area (Å²) in [6.45, 7) is 0.517. The van der Waals surface area contributed by atoms with E-state index in [1.807, 2.05) is 36.4 Å². The van der Waals surface area contributed by atoms with Crippen LogP contribution in [-0.4, -0.2) is 25.5 Å². The van der Waals surface area contributed by atoms with Crippen LogP contribution >= 0.6 is 0 Å². The van der Waals surface area contributed by atoms with Crippen LogP contribution in [0.1, 0.15) is 23.2 Å². The van der Waals surface area contributed by atoms with Gasteiger partial charge in [0.15, 0.2) is 0 Å². The van der Waals surface area contributed by atoms with Crippen LogP contribution < -0.4 is 15.0 Å². The summed E-state index contributed by atoms with van der Waals surface area (Å²) in [6.07, 6.45) is 0.945. The van der Waals surface area contributed by atoms with Gasteiger partial charge in [-0.05, 0) is 48.2 Å². The zero-order valence-corrected chi connectivity index (χ0v) is 15.1. The Labute approximate surface area is 157 Å². The SMILES string of the molecule is COc1ccc(NC(=O)CCCN2C(=O)c3cccc4cccc2c34)cc1. The first-order valence-corrected chi connectivity index (χ1v) is 8.95. The van der Waals surface area contributed by atoms with Crippen molar-refractivity contribution in [1.29, 1.82) is 0 Å². The fourth-order valence-corrected chi connectivity index (χ4v) is 3.50. The Morgan fingerprint density at radius 2 is 1.78 bits per heavy atom. The lowest BCUT2D eigenvalue weighted by atomic mass is 10.1. The summed E-state index contributed by atoms with van der Waals surface area (Å²) in [6, 6.07) is 18.9. The summed E-state index contributed by atoms with van der Waals surface area (Å²) in [5, 5.41) is 4.94. The number of nitrogens with zero attached hydrogens (tertiary/aromatic N) is 1. The second-order valence-electron chi connectivity index (χ2n) is 6.52. The number of carbonyl (C=O) groups excluding carboxylic acids is 2. The highest BCUT2D eigenvalue weighted by Gasteiger charge is 2.28. The van der Waals surface area contributed by atoms with Gasteiger partial charge >= 0.3 is 0 Å². The molecule has 0 saturated heterocycles. The number of hydrogen-bond acceptors (Lipinski definition) is 3. The van der Waals surface area contributed by atoms with Crippen LogP contribution in [0.15, 0.2) is 60.7 Å². The molecule has 5 heteroatoms. The van der Waals surface area contributed by atoms with Crippen LogP contribution in [0.3, 0.4) is 0 Å². The molecule has 0 spiro atoms. The Morgan fingerprint density at radius 3 is 2.52 bits per heavy atom. The van der Waals surface area contributed by atoms with Gasteiger partial charge in [0.1, 0.15) is 5.75 Å². The van der Waals surface area contributed by atoms with Gasteiger partial charge in [-0.25, -0.2) is 0 Å². The number of nitrogens with one attached hydrogen (secondary N) is 1. The summed E-state index contributed by atoms with van der Waals surface area (Å²) in [5.41, 5.74) is 2.41. The van der Waals surface area contributed by atoms with Gasteiger partial charge in [0, 0.05) is 29.6 Å². The minimum atomic E-state index is -0.0671. The van der Waals surface area contributed by atoms with Crippen molar-refractivity contribution in [3.05, 3.63) is 66.2 Å².